The van der Waals surface area contributed by atoms with Crippen LogP contribution < -0.4 is 10.6 Å². The lowest BCUT2D eigenvalue weighted by Crippen LogP contribution is -2.47. The molecule has 0 bridgehead atoms. The molecule has 0 spiro atoms. The molecule has 2 atom stereocenters. The van der Waals surface area contributed by atoms with Gasteiger partial charge in [-0.3, -0.25) is 0 Å². The third-order valence-corrected chi connectivity index (χ3v) is 2.90. The first-order valence-corrected chi connectivity index (χ1v) is 5.05. The zero-order valence-corrected chi connectivity index (χ0v) is 8.43. The molecule has 0 aromatic carbocycles. The quantitative estimate of drug-likeness (QED) is 0.710. The van der Waals surface area contributed by atoms with E-state index in [2.05, 4.69) is 22.0 Å². The van der Waals surface area contributed by atoms with E-state index in [0.717, 1.165) is 25.3 Å². The maximum atomic E-state index is 6.02. The molecule has 4 heteroatoms. The molecular formula is C10H16N4. The minimum Gasteiger partial charge on any atom is -0.354 e. The maximum Gasteiger partial charge on any atom is 0.151 e. The molecule has 2 rings (SSSR count). The lowest BCUT2D eigenvalue weighted by Gasteiger charge is -2.35. The monoisotopic (exact) mass is 192 g/mol. The molecule has 1 aromatic heterocycles. The highest BCUT2D eigenvalue weighted by atomic mass is 15.3. The van der Waals surface area contributed by atoms with E-state index in [1.54, 1.807) is 6.20 Å². The minimum atomic E-state index is 0.255. The fraction of sp³-hybridized carbons (Fsp3) is 0.600. The number of rotatable bonds is 1. The molecule has 0 amide bonds. The summed E-state index contributed by atoms with van der Waals surface area (Å²) in [5, 5.41) is 7.95. The Kier molecular flexibility index (Phi) is 2.63. The minimum absolute atomic E-state index is 0.255. The molecule has 2 heterocycles. The van der Waals surface area contributed by atoms with E-state index in [1.165, 1.54) is 0 Å². The number of nitrogens with two attached hydrogens (primary N) is 1. The Balaban J connectivity index is 2.07. The predicted octanol–water partition coefficient (Wildman–Crippen LogP) is 0.650. The van der Waals surface area contributed by atoms with Crippen LogP contribution in [0.2, 0.25) is 0 Å². The van der Waals surface area contributed by atoms with Gasteiger partial charge in [0.05, 0.1) is 0 Å². The van der Waals surface area contributed by atoms with Crippen molar-refractivity contribution in [2.45, 2.75) is 19.4 Å². The van der Waals surface area contributed by atoms with Gasteiger partial charge in [-0.25, -0.2) is 0 Å². The van der Waals surface area contributed by atoms with Gasteiger partial charge in [-0.15, -0.1) is 5.10 Å². The fourth-order valence-corrected chi connectivity index (χ4v) is 1.77. The topological polar surface area (TPSA) is 55.0 Å². The Morgan fingerprint density at radius 1 is 1.57 bits per heavy atom. The normalized spacial score (nSPS) is 27.7. The molecule has 14 heavy (non-hydrogen) atoms. The van der Waals surface area contributed by atoms with Gasteiger partial charge in [-0.1, -0.05) is 6.92 Å². The number of nitrogens with zero attached hydrogens (tertiary/aromatic N) is 3. The van der Waals surface area contributed by atoms with Gasteiger partial charge in [-0.05, 0) is 24.5 Å². The summed E-state index contributed by atoms with van der Waals surface area (Å²) in [6.45, 7) is 4.13. The van der Waals surface area contributed by atoms with Gasteiger partial charge in [0.2, 0.25) is 0 Å². The zero-order chi connectivity index (χ0) is 9.97. The summed E-state index contributed by atoms with van der Waals surface area (Å²) in [5.41, 5.74) is 6.02. The van der Waals surface area contributed by atoms with Gasteiger partial charge in [0, 0.05) is 25.3 Å². The second-order valence-electron chi connectivity index (χ2n) is 3.96. The summed E-state index contributed by atoms with van der Waals surface area (Å²) in [7, 11) is 0. The molecule has 2 N–H and O–H groups in total. The highest BCUT2D eigenvalue weighted by molar-refractivity contribution is 5.37. The van der Waals surface area contributed by atoms with E-state index >= 15 is 0 Å². The second-order valence-corrected chi connectivity index (χ2v) is 3.96. The smallest absolute Gasteiger partial charge is 0.151 e. The summed E-state index contributed by atoms with van der Waals surface area (Å²) < 4.78 is 0. The number of aromatic nitrogens is 2. The van der Waals surface area contributed by atoms with Crippen LogP contribution in [-0.4, -0.2) is 29.3 Å². The van der Waals surface area contributed by atoms with Crippen LogP contribution in [0.4, 0.5) is 5.82 Å². The van der Waals surface area contributed by atoms with Crippen molar-refractivity contribution < 1.29 is 0 Å². The molecule has 1 aliphatic heterocycles. The first kappa shape index (κ1) is 9.40. The van der Waals surface area contributed by atoms with Crippen molar-refractivity contribution >= 4 is 5.82 Å². The maximum absolute atomic E-state index is 6.02. The molecule has 1 fully saturated rings. The van der Waals surface area contributed by atoms with Crippen molar-refractivity contribution in [3.05, 3.63) is 18.3 Å². The van der Waals surface area contributed by atoms with Crippen molar-refractivity contribution in [3.63, 3.8) is 0 Å². The molecule has 0 radical (unpaired) electrons. The standard InChI is InChI=1S/C10H16N4/c1-8-4-6-14(7-9(8)11)10-3-2-5-12-13-10/h2-3,5,8-9H,4,6-7,11H2,1H3. The van der Waals surface area contributed by atoms with E-state index in [0.29, 0.717) is 5.92 Å². The number of hydrogen-bond donors (Lipinski definition) is 1. The highest BCUT2D eigenvalue weighted by Gasteiger charge is 2.23. The van der Waals surface area contributed by atoms with Crippen molar-refractivity contribution in [1.29, 1.82) is 0 Å². The van der Waals surface area contributed by atoms with Gasteiger partial charge in [0.1, 0.15) is 0 Å². The summed E-state index contributed by atoms with van der Waals surface area (Å²) in [6, 6.07) is 4.15. The van der Waals surface area contributed by atoms with Crippen LogP contribution in [0.15, 0.2) is 18.3 Å². The van der Waals surface area contributed by atoms with Gasteiger partial charge in [0.15, 0.2) is 5.82 Å². The molecule has 0 aliphatic carbocycles. The molecule has 0 saturated carbocycles. The lowest BCUT2D eigenvalue weighted by molar-refractivity contribution is 0.377. The SMILES string of the molecule is CC1CCN(c2cccnn2)CC1N. The van der Waals surface area contributed by atoms with E-state index in [9.17, 15) is 0 Å². The Labute approximate surface area is 84.1 Å². The summed E-state index contributed by atoms with van der Waals surface area (Å²) in [4.78, 5) is 2.21. The number of anilines is 1. The fourth-order valence-electron chi connectivity index (χ4n) is 1.77. The van der Waals surface area contributed by atoms with Gasteiger partial charge in [0.25, 0.3) is 0 Å². The number of piperidine rings is 1. The van der Waals surface area contributed by atoms with E-state index in [1.807, 2.05) is 12.1 Å². The Morgan fingerprint density at radius 2 is 2.43 bits per heavy atom. The van der Waals surface area contributed by atoms with E-state index in [4.69, 9.17) is 5.73 Å². The third-order valence-electron chi connectivity index (χ3n) is 2.90. The summed E-state index contributed by atoms with van der Waals surface area (Å²) in [6.07, 6.45) is 2.83. The Bertz CT molecular complexity index is 287. The van der Waals surface area contributed by atoms with Crippen molar-refractivity contribution in [1.82, 2.24) is 10.2 Å². The average molecular weight is 192 g/mol. The van der Waals surface area contributed by atoms with E-state index < -0.39 is 0 Å². The summed E-state index contributed by atoms with van der Waals surface area (Å²) >= 11 is 0. The molecule has 1 aromatic rings. The van der Waals surface area contributed by atoms with Crippen LogP contribution in [-0.2, 0) is 0 Å². The Hall–Kier alpha value is -1.16. The molecular weight excluding hydrogens is 176 g/mol. The van der Waals surface area contributed by atoms with Crippen LogP contribution in [0.25, 0.3) is 0 Å². The van der Waals surface area contributed by atoms with Crippen molar-refractivity contribution in [3.8, 4) is 0 Å². The number of hydrogen-bond acceptors (Lipinski definition) is 4. The van der Waals surface area contributed by atoms with Crippen LogP contribution in [0.5, 0.6) is 0 Å². The first-order chi connectivity index (χ1) is 6.77. The second kappa shape index (κ2) is 3.92. The highest BCUT2D eigenvalue weighted by Crippen LogP contribution is 2.19. The largest absolute Gasteiger partial charge is 0.354 e. The average Bonchev–Trinajstić information content (AvgIpc) is 2.23. The molecule has 76 valence electrons. The van der Waals surface area contributed by atoms with Crippen molar-refractivity contribution in [2.24, 2.45) is 11.7 Å². The predicted molar refractivity (Wildman–Crippen MR) is 56.0 cm³/mol. The zero-order valence-electron chi connectivity index (χ0n) is 8.43. The third kappa shape index (κ3) is 1.85. The van der Waals surface area contributed by atoms with Gasteiger partial charge >= 0.3 is 0 Å². The van der Waals surface area contributed by atoms with Crippen LogP contribution in [0, 0.1) is 5.92 Å². The van der Waals surface area contributed by atoms with Crippen LogP contribution in [0.3, 0.4) is 0 Å². The molecule has 1 saturated heterocycles. The molecule has 4 nitrogen and oxygen atoms in total. The summed E-state index contributed by atoms with van der Waals surface area (Å²) in [5.74, 6) is 1.55. The van der Waals surface area contributed by atoms with Gasteiger partial charge in [-0.2, -0.15) is 5.10 Å². The van der Waals surface area contributed by atoms with Crippen molar-refractivity contribution in [2.75, 3.05) is 18.0 Å². The first-order valence-electron chi connectivity index (χ1n) is 5.05. The van der Waals surface area contributed by atoms with Gasteiger partial charge < -0.3 is 10.6 Å². The van der Waals surface area contributed by atoms with E-state index in [-0.39, 0.29) is 6.04 Å². The lowest BCUT2D eigenvalue weighted by atomic mass is 9.94. The van der Waals surface area contributed by atoms with Crippen LogP contribution >= 0.6 is 0 Å². The Morgan fingerprint density at radius 3 is 3.07 bits per heavy atom. The van der Waals surface area contributed by atoms with Crippen LogP contribution in [0.1, 0.15) is 13.3 Å². The molecule has 1 aliphatic rings. The molecule has 2 unspecified atom stereocenters.